The molecular weight excluding hydrogens is 270 g/mol. The van der Waals surface area contributed by atoms with Crippen LogP contribution in [0.25, 0.3) is 0 Å². The molecule has 6 nitrogen and oxygen atoms in total. The van der Waals surface area contributed by atoms with E-state index in [2.05, 4.69) is 5.32 Å². The Morgan fingerprint density at radius 1 is 1.29 bits per heavy atom. The summed E-state index contributed by atoms with van der Waals surface area (Å²) >= 11 is 0. The highest BCUT2D eigenvalue weighted by atomic mass is 16.5. The molecular formula is C15H17N3O3. The predicted octanol–water partition coefficient (Wildman–Crippen LogP) is 1.39. The van der Waals surface area contributed by atoms with Crippen molar-refractivity contribution in [3.05, 3.63) is 46.6 Å². The zero-order valence-electron chi connectivity index (χ0n) is 12.1. The van der Waals surface area contributed by atoms with Crippen LogP contribution in [0.1, 0.15) is 18.1 Å². The van der Waals surface area contributed by atoms with Crippen molar-refractivity contribution in [2.75, 3.05) is 5.32 Å². The summed E-state index contributed by atoms with van der Waals surface area (Å²) in [6, 6.07) is 3.89. The number of nitrogens with two attached hydrogens (primary N) is 2. The van der Waals surface area contributed by atoms with Gasteiger partial charge in [-0.1, -0.05) is 6.07 Å². The lowest BCUT2D eigenvalue weighted by atomic mass is 9.99. The van der Waals surface area contributed by atoms with Gasteiger partial charge in [-0.25, -0.2) is 0 Å². The normalized spacial score (nSPS) is 23.1. The first kappa shape index (κ1) is 13.4. The number of fused-ring (bicyclic) bond motifs is 1. The number of ether oxygens (including phenoxy) is 2. The Balaban J connectivity index is 2.16. The molecule has 110 valence electrons. The summed E-state index contributed by atoms with van der Waals surface area (Å²) in [5.41, 5.74) is 13.0. The number of aryl methyl sites for hydroxylation is 1. The molecule has 3 rings (SSSR count). The van der Waals surface area contributed by atoms with Crippen LogP contribution in [0.2, 0.25) is 0 Å². The molecule has 21 heavy (non-hydrogen) atoms. The van der Waals surface area contributed by atoms with Crippen LogP contribution in [0.15, 0.2) is 35.4 Å². The Labute approximate surface area is 122 Å². The summed E-state index contributed by atoms with van der Waals surface area (Å²) in [5.74, 6) is 0.489. The molecule has 0 unspecified atom stereocenters. The minimum Gasteiger partial charge on any atom is -0.457 e. The van der Waals surface area contributed by atoms with Gasteiger partial charge in [-0.3, -0.25) is 4.79 Å². The van der Waals surface area contributed by atoms with Crippen molar-refractivity contribution in [2.24, 2.45) is 11.5 Å². The maximum absolute atomic E-state index is 11.8. The number of nitrogens with one attached hydrogen (secondary N) is 1. The van der Waals surface area contributed by atoms with Gasteiger partial charge < -0.3 is 26.3 Å². The Bertz CT molecular complexity index is 721. The SMILES string of the molecule is CC1=C[C@]2(Nc3ccc(C)c(C)c3O2)C(C(N)=O)=C(N)O1. The topological polar surface area (TPSA) is 99.6 Å². The van der Waals surface area contributed by atoms with Gasteiger partial charge in [0.25, 0.3) is 5.91 Å². The molecule has 0 fully saturated rings. The third kappa shape index (κ3) is 1.83. The van der Waals surface area contributed by atoms with Crippen molar-refractivity contribution in [2.45, 2.75) is 26.5 Å². The average molecular weight is 287 g/mol. The van der Waals surface area contributed by atoms with Crippen LogP contribution in [-0.4, -0.2) is 11.6 Å². The fraction of sp³-hybridized carbons (Fsp3) is 0.267. The second kappa shape index (κ2) is 4.18. The molecule has 1 aromatic rings. The summed E-state index contributed by atoms with van der Waals surface area (Å²) in [7, 11) is 0. The summed E-state index contributed by atoms with van der Waals surface area (Å²) in [5, 5.41) is 3.19. The number of carbonyl (C=O) groups excluding carboxylic acids is 1. The highest BCUT2D eigenvalue weighted by molar-refractivity contribution is 5.97. The van der Waals surface area contributed by atoms with E-state index in [0.29, 0.717) is 11.5 Å². The summed E-state index contributed by atoms with van der Waals surface area (Å²) in [6.45, 7) is 5.69. The molecule has 2 aliphatic heterocycles. The number of allylic oxidation sites excluding steroid dienone is 1. The molecule has 6 heteroatoms. The summed E-state index contributed by atoms with van der Waals surface area (Å²) in [4.78, 5) is 11.8. The Kier molecular flexibility index (Phi) is 2.66. The fourth-order valence-corrected chi connectivity index (χ4v) is 2.69. The monoisotopic (exact) mass is 287 g/mol. The van der Waals surface area contributed by atoms with Crippen LogP contribution < -0.4 is 21.5 Å². The molecule has 0 aromatic heterocycles. The molecule has 0 radical (unpaired) electrons. The zero-order valence-corrected chi connectivity index (χ0v) is 12.1. The summed E-state index contributed by atoms with van der Waals surface area (Å²) < 4.78 is 11.4. The van der Waals surface area contributed by atoms with Crippen LogP contribution in [0, 0.1) is 13.8 Å². The van der Waals surface area contributed by atoms with E-state index in [1.807, 2.05) is 26.0 Å². The van der Waals surface area contributed by atoms with Gasteiger partial charge in [-0.15, -0.1) is 0 Å². The molecule has 2 heterocycles. The molecule has 1 atom stereocenters. The number of amides is 1. The van der Waals surface area contributed by atoms with E-state index in [0.717, 1.165) is 16.8 Å². The van der Waals surface area contributed by atoms with Gasteiger partial charge in [0, 0.05) is 6.08 Å². The molecule has 5 N–H and O–H groups in total. The van der Waals surface area contributed by atoms with Crippen molar-refractivity contribution in [1.82, 2.24) is 0 Å². The molecule has 0 saturated heterocycles. The van der Waals surface area contributed by atoms with Crippen LogP contribution in [0.3, 0.4) is 0 Å². The number of benzene rings is 1. The van der Waals surface area contributed by atoms with E-state index >= 15 is 0 Å². The number of hydrogen-bond acceptors (Lipinski definition) is 5. The molecule has 1 aromatic carbocycles. The lowest BCUT2D eigenvalue weighted by Gasteiger charge is -2.31. The Morgan fingerprint density at radius 3 is 2.67 bits per heavy atom. The maximum atomic E-state index is 11.8. The molecule has 0 bridgehead atoms. The lowest BCUT2D eigenvalue weighted by Crippen LogP contribution is -2.48. The minimum atomic E-state index is -1.21. The molecule has 2 aliphatic rings. The van der Waals surface area contributed by atoms with Gasteiger partial charge in [0.2, 0.25) is 11.6 Å². The van der Waals surface area contributed by atoms with Gasteiger partial charge in [0.15, 0.2) is 0 Å². The predicted molar refractivity (Wildman–Crippen MR) is 78.1 cm³/mol. The Hall–Kier alpha value is -2.63. The second-order valence-electron chi connectivity index (χ2n) is 5.31. The number of primary amides is 1. The second-order valence-corrected chi connectivity index (χ2v) is 5.31. The zero-order chi connectivity index (χ0) is 15.4. The third-order valence-electron chi connectivity index (χ3n) is 3.80. The van der Waals surface area contributed by atoms with Crippen molar-refractivity contribution in [1.29, 1.82) is 0 Å². The molecule has 1 amide bonds. The first-order chi connectivity index (χ1) is 9.84. The van der Waals surface area contributed by atoms with E-state index in [9.17, 15) is 4.79 Å². The van der Waals surface area contributed by atoms with Crippen LogP contribution in [0.4, 0.5) is 5.69 Å². The standard InChI is InChI=1S/C15H17N3O3/c1-7-4-5-10-12(9(7)3)21-15(18-10)6-8(2)20-14(17)11(15)13(16)19/h4-6,18H,17H2,1-3H3,(H2,16,19)/t15-/m1/s1. The van der Waals surface area contributed by atoms with Gasteiger partial charge in [-0.2, -0.15) is 0 Å². The van der Waals surface area contributed by atoms with Gasteiger partial charge in [-0.05, 0) is 38.0 Å². The van der Waals surface area contributed by atoms with Crippen molar-refractivity contribution < 1.29 is 14.3 Å². The largest absolute Gasteiger partial charge is 0.457 e. The highest BCUT2D eigenvalue weighted by Gasteiger charge is 2.48. The summed E-state index contributed by atoms with van der Waals surface area (Å²) in [6.07, 6.45) is 1.66. The van der Waals surface area contributed by atoms with Crippen molar-refractivity contribution in [3.8, 4) is 5.75 Å². The third-order valence-corrected chi connectivity index (χ3v) is 3.80. The van der Waals surface area contributed by atoms with E-state index in [1.54, 1.807) is 13.0 Å². The highest BCUT2D eigenvalue weighted by Crippen LogP contribution is 2.45. The van der Waals surface area contributed by atoms with E-state index in [4.69, 9.17) is 20.9 Å². The molecule has 0 saturated carbocycles. The van der Waals surface area contributed by atoms with Crippen LogP contribution >= 0.6 is 0 Å². The fourth-order valence-electron chi connectivity index (χ4n) is 2.69. The number of hydrogen-bond donors (Lipinski definition) is 3. The van der Waals surface area contributed by atoms with Gasteiger partial charge in [0.05, 0.1) is 5.69 Å². The first-order valence-electron chi connectivity index (χ1n) is 6.59. The number of rotatable bonds is 1. The smallest absolute Gasteiger partial charge is 0.256 e. The number of anilines is 1. The number of carbonyl (C=O) groups is 1. The van der Waals surface area contributed by atoms with E-state index < -0.39 is 11.6 Å². The quantitative estimate of drug-likeness (QED) is 0.725. The van der Waals surface area contributed by atoms with Gasteiger partial charge >= 0.3 is 0 Å². The van der Waals surface area contributed by atoms with Crippen molar-refractivity contribution in [3.63, 3.8) is 0 Å². The minimum absolute atomic E-state index is 0.0443. The van der Waals surface area contributed by atoms with Crippen LogP contribution in [0.5, 0.6) is 5.75 Å². The van der Waals surface area contributed by atoms with Crippen LogP contribution in [-0.2, 0) is 9.53 Å². The molecule has 0 aliphatic carbocycles. The lowest BCUT2D eigenvalue weighted by molar-refractivity contribution is -0.116. The van der Waals surface area contributed by atoms with Gasteiger partial charge in [0.1, 0.15) is 17.1 Å². The van der Waals surface area contributed by atoms with E-state index in [1.165, 1.54) is 0 Å². The average Bonchev–Trinajstić information content (AvgIpc) is 2.71. The Morgan fingerprint density at radius 2 is 2.00 bits per heavy atom. The van der Waals surface area contributed by atoms with E-state index in [-0.39, 0.29) is 11.5 Å². The van der Waals surface area contributed by atoms with Crippen molar-refractivity contribution >= 4 is 11.6 Å². The first-order valence-corrected chi connectivity index (χ1v) is 6.59. The maximum Gasteiger partial charge on any atom is 0.256 e. The molecule has 1 spiro atoms.